The van der Waals surface area contributed by atoms with Crippen LogP contribution in [0.1, 0.15) is 10.7 Å². The van der Waals surface area contributed by atoms with E-state index in [1.807, 2.05) is 19.1 Å². The van der Waals surface area contributed by atoms with Gasteiger partial charge in [0.2, 0.25) is 5.88 Å². The molecule has 0 aromatic carbocycles. The maximum absolute atomic E-state index is 4.99. The maximum atomic E-state index is 4.99. The van der Waals surface area contributed by atoms with Crippen LogP contribution in [-0.2, 0) is 6.54 Å². The number of rotatable bonds is 4. The number of aryl methyl sites for hydroxylation is 1. The Morgan fingerprint density at radius 1 is 1.44 bits per heavy atom. The Morgan fingerprint density at radius 2 is 2.31 bits per heavy atom. The summed E-state index contributed by atoms with van der Waals surface area (Å²) < 4.78 is 4.99. The second kappa shape index (κ2) is 4.94. The lowest BCUT2D eigenvalue weighted by Crippen LogP contribution is -2.00. The van der Waals surface area contributed by atoms with Gasteiger partial charge in [-0.15, -0.1) is 11.3 Å². The molecule has 0 unspecified atom stereocenters. The summed E-state index contributed by atoms with van der Waals surface area (Å²) in [7, 11) is 1.60. The van der Waals surface area contributed by atoms with E-state index in [4.69, 9.17) is 4.74 Å². The Balaban J connectivity index is 1.94. The molecule has 0 aliphatic carbocycles. The molecule has 0 radical (unpaired) electrons. The SMILES string of the molecule is COc1ccc(NCc2csc(C)n2)cn1. The molecule has 2 aromatic rings. The topological polar surface area (TPSA) is 47.0 Å². The lowest BCUT2D eigenvalue weighted by molar-refractivity contribution is 0.398. The highest BCUT2D eigenvalue weighted by molar-refractivity contribution is 7.09. The molecule has 0 bridgehead atoms. The molecule has 1 N–H and O–H groups in total. The van der Waals surface area contributed by atoms with E-state index in [0.717, 1.165) is 22.9 Å². The van der Waals surface area contributed by atoms with Gasteiger partial charge < -0.3 is 10.1 Å². The summed E-state index contributed by atoms with van der Waals surface area (Å²) in [5.74, 6) is 0.620. The van der Waals surface area contributed by atoms with Crippen molar-refractivity contribution >= 4 is 17.0 Å². The molecule has 0 spiro atoms. The first-order valence-electron chi connectivity index (χ1n) is 4.93. The Kier molecular flexibility index (Phi) is 3.36. The number of nitrogens with one attached hydrogen (secondary N) is 1. The van der Waals surface area contributed by atoms with Crippen molar-refractivity contribution in [3.8, 4) is 5.88 Å². The molecular formula is C11H13N3OS. The van der Waals surface area contributed by atoms with E-state index in [1.54, 1.807) is 24.6 Å². The fourth-order valence-corrected chi connectivity index (χ4v) is 1.90. The van der Waals surface area contributed by atoms with Gasteiger partial charge >= 0.3 is 0 Å². The van der Waals surface area contributed by atoms with Crippen molar-refractivity contribution < 1.29 is 4.74 Å². The summed E-state index contributed by atoms with van der Waals surface area (Å²) in [5.41, 5.74) is 2.02. The molecular weight excluding hydrogens is 222 g/mol. The van der Waals surface area contributed by atoms with E-state index in [1.165, 1.54) is 0 Å². The molecule has 84 valence electrons. The number of aromatic nitrogens is 2. The quantitative estimate of drug-likeness (QED) is 0.884. The minimum Gasteiger partial charge on any atom is -0.481 e. The van der Waals surface area contributed by atoms with Crippen LogP contribution in [0.3, 0.4) is 0 Å². The largest absolute Gasteiger partial charge is 0.481 e. The summed E-state index contributed by atoms with van der Waals surface area (Å²) >= 11 is 1.66. The van der Waals surface area contributed by atoms with Gasteiger partial charge in [0.05, 0.1) is 36.2 Å². The fraction of sp³-hybridized carbons (Fsp3) is 0.273. The number of nitrogens with zero attached hydrogens (tertiary/aromatic N) is 2. The van der Waals surface area contributed by atoms with Gasteiger partial charge in [-0.3, -0.25) is 0 Å². The van der Waals surface area contributed by atoms with Gasteiger partial charge in [0, 0.05) is 11.4 Å². The first-order valence-corrected chi connectivity index (χ1v) is 5.81. The predicted molar refractivity (Wildman–Crippen MR) is 65.0 cm³/mol. The van der Waals surface area contributed by atoms with Crippen LogP contribution in [0.4, 0.5) is 5.69 Å². The Hall–Kier alpha value is -1.62. The van der Waals surface area contributed by atoms with Crippen LogP contribution in [0.25, 0.3) is 0 Å². The third-order valence-corrected chi connectivity index (χ3v) is 2.91. The zero-order chi connectivity index (χ0) is 11.4. The number of anilines is 1. The predicted octanol–water partition coefficient (Wildman–Crippen LogP) is 2.47. The number of methoxy groups -OCH3 is 1. The first kappa shape index (κ1) is 10.9. The van der Waals surface area contributed by atoms with E-state index >= 15 is 0 Å². The van der Waals surface area contributed by atoms with Crippen molar-refractivity contribution in [2.75, 3.05) is 12.4 Å². The zero-order valence-corrected chi connectivity index (χ0v) is 10.0. The van der Waals surface area contributed by atoms with E-state index in [-0.39, 0.29) is 0 Å². The average molecular weight is 235 g/mol. The van der Waals surface area contributed by atoms with Crippen LogP contribution in [0.15, 0.2) is 23.7 Å². The van der Waals surface area contributed by atoms with Gasteiger partial charge in [0.15, 0.2) is 0 Å². The van der Waals surface area contributed by atoms with Crippen molar-refractivity contribution in [2.24, 2.45) is 0 Å². The Morgan fingerprint density at radius 3 is 2.88 bits per heavy atom. The number of hydrogen-bond acceptors (Lipinski definition) is 5. The summed E-state index contributed by atoms with van der Waals surface area (Å²) in [4.78, 5) is 8.48. The van der Waals surface area contributed by atoms with E-state index in [0.29, 0.717) is 5.88 Å². The standard InChI is InChI=1S/C11H13N3OS/c1-8-14-10(7-16-8)6-12-9-3-4-11(15-2)13-5-9/h3-5,7,12H,6H2,1-2H3. The molecule has 16 heavy (non-hydrogen) atoms. The van der Waals surface area contributed by atoms with Crippen LogP contribution < -0.4 is 10.1 Å². The second-order valence-electron chi connectivity index (χ2n) is 3.30. The second-order valence-corrected chi connectivity index (χ2v) is 4.36. The zero-order valence-electron chi connectivity index (χ0n) is 9.23. The lowest BCUT2D eigenvalue weighted by Gasteiger charge is -2.04. The molecule has 2 rings (SSSR count). The molecule has 0 saturated heterocycles. The van der Waals surface area contributed by atoms with Crippen molar-refractivity contribution in [1.29, 1.82) is 0 Å². The molecule has 2 heterocycles. The van der Waals surface area contributed by atoms with Crippen LogP contribution in [-0.4, -0.2) is 17.1 Å². The third-order valence-electron chi connectivity index (χ3n) is 2.09. The summed E-state index contributed by atoms with van der Waals surface area (Å²) in [6, 6.07) is 3.76. The molecule has 0 amide bonds. The molecule has 2 aromatic heterocycles. The number of pyridine rings is 1. The molecule has 0 fully saturated rings. The molecule has 0 aliphatic heterocycles. The van der Waals surface area contributed by atoms with Crippen LogP contribution in [0, 0.1) is 6.92 Å². The highest BCUT2D eigenvalue weighted by atomic mass is 32.1. The number of thiazole rings is 1. The summed E-state index contributed by atoms with van der Waals surface area (Å²) in [5, 5.41) is 6.39. The van der Waals surface area contributed by atoms with E-state index < -0.39 is 0 Å². The van der Waals surface area contributed by atoms with Gasteiger partial charge in [-0.1, -0.05) is 0 Å². The number of hydrogen-bond donors (Lipinski definition) is 1. The van der Waals surface area contributed by atoms with Crippen LogP contribution >= 0.6 is 11.3 Å². The first-order chi connectivity index (χ1) is 7.78. The smallest absolute Gasteiger partial charge is 0.213 e. The minimum absolute atomic E-state index is 0.620. The highest BCUT2D eigenvalue weighted by Crippen LogP contribution is 2.13. The Bertz CT molecular complexity index is 453. The maximum Gasteiger partial charge on any atom is 0.213 e. The summed E-state index contributed by atoms with van der Waals surface area (Å²) in [6.07, 6.45) is 1.75. The highest BCUT2D eigenvalue weighted by Gasteiger charge is 1.99. The van der Waals surface area contributed by atoms with Crippen molar-refractivity contribution in [3.05, 3.63) is 34.4 Å². The van der Waals surface area contributed by atoms with Crippen LogP contribution in [0.5, 0.6) is 5.88 Å². The molecule has 5 heteroatoms. The van der Waals surface area contributed by atoms with Crippen molar-refractivity contribution in [3.63, 3.8) is 0 Å². The third kappa shape index (κ3) is 2.70. The van der Waals surface area contributed by atoms with Crippen molar-refractivity contribution in [2.45, 2.75) is 13.5 Å². The van der Waals surface area contributed by atoms with E-state index in [9.17, 15) is 0 Å². The van der Waals surface area contributed by atoms with Gasteiger partial charge in [-0.05, 0) is 13.0 Å². The number of ether oxygens (including phenoxy) is 1. The molecule has 0 saturated carbocycles. The van der Waals surface area contributed by atoms with Gasteiger partial charge in [-0.2, -0.15) is 0 Å². The molecule has 0 aliphatic rings. The normalized spacial score (nSPS) is 10.1. The average Bonchev–Trinajstić information content (AvgIpc) is 2.73. The molecule has 0 atom stereocenters. The molecule has 4 nitrogen and oxygen atoms in total. The summed E-state index contributed by atoms with van der Waals surface area (Å²) in [6.45, 7) is 2.72. The van der Waals surface area contributed by atoms with E-state index in [2.05, 4.69) is 20.7 Å². The van der Waals surface area contributed by atoms with Crippen molar-refractivity contribution in [1.82, 2.24) is 9.97 Å². The van der Waals surface area contributed by atoms with Crippen LogP contribution in [0.2, 0.25) is 0 Å². The van der Waals surface area contributed by atoms with Gasteiger partial charge in [0.1, 0.15) is 0 Å². The Labute approximate surface area is 98.3 Å². The monoisotopic (exact) mass is 235 g/mol. The van der Waals surface area contributed by atoms with Gasteiger partial charge in [0.25, 0.3) is 0 Å². The lowest BCUT2D eigenvalue weighted by atomic mass is 10.4. The minimum atomic E-state index is 0.620. The fourth-order valence-electron chi connectivity index (χ4n) is 1.29. The van der Waals surface area contributed by atoms with Gasteiger partial charge in [-0.25, -0.2) is 9.97 Å².